The average Bonchev–Trinajstić information content (AvgIpc) is 2.68. The summed E-state index contributed by atoms with van der Waals surface area (Å²) >= 11 is 0. The second-order valence-corrected chi connectivity index (χ2v) is 6.68. The van der Waals surface area contributed by atoms with Crippen LogP contribution in [0, 0.1) is 5.92 Å². The van der Waals surface area contributed by atoms with E-state index in [0.29, 0.717) is 0 Å². The Hall–Kier alpha value is -2.42. The molecular weight excluding hydrogens is 306 g/mol. The molecule has 3 rings (SSSR count). The first kappa shape index (κ1) is 17.4. The summed E-state index contributed by atoms with van der Waals surface area (Å²) < 4.78 is 0. The van der Waals surface area contributed by atoms with Crippen LogP contribution < -0.4 is 5.73 Å². The minimum atomic E-state index is -0.639. The quantitative estimate of drug-likeness (QED) is 0.694. The Morgan fingerprint density at radius 3 is 1.88 bits per heavy atom. The number of nitrogens with two attached hydrogens (primary N) is 1. The van der Waals surface area contributed by atoms with Gasteiger partial charge in [0.25, 0.3) is 0 Å². The summed E-state index contributed by atoms with van der Waals surface area (Å²) in [7, 11) is 0. The lowest BCUT2D eigenvalue weighted by molar-refractivity contribution is 0.121. The molecule has 0 fully saturated rings. The van der Waals surface area contributed by atoms with Gasteiger partial charge in [0.2, 0.25) is 0 Å². The standard InChI is InChI=1S/C23H25NO/c1-17(22(24)23(25)21-10-6-3-7-11-21)16-18-12-14-20(15-13-18)19-8-4-2-5-9-19/h2-15,17,22-23,25H,16,24H2,1H3/t17?,22-,23-/m1/s1. The third-order valence-corrected chi connectivity index (χ3v) is 4.78. The fourth-order valence-electron chi connectivity index (χ4n) is 3.16. The van der Waals surface area contributed by atoms with E-state index >= 15 is 0 Å². The van der Waals surface area contributed by atoms with E-state index in [0.717, 1.165) is 12.0 Å². The largest absolute Gasteiger partial charge is 0.387 e. The van der Waals surface area contributed by atoms with E-state index in [1.165, 1.54) is 16.7 Å². The summed E-state index contributed by atoms with van der Waals surface area (Å²) in [5.74, 6) is 0.179. The summed E-state index contributed by atoms with van der Waals surface area (Å²) in [6, 6.07) is 28.3. The number of aliphatic hydroxyl groups excluding tert-OH is 1. The van der Waals surface area contributed by atoms with Crippen molar-refractivity contribution in [2.45, 2.75) is 25.5 Å². The van der Waals surface area contributed by atoms with Gasteiger partial charge in [-0.25, -0.2) is 0 Å². The molecule has 0 aliphatic rings. The van der Waals surface area contributed by atoms with Crippen LogP contribution in [-0.2, 0) is 6.42 Å². The molecular formula is C23H25NO. The third-order valence-electron chi connectivity index (χ3n) is 4.78. The van der Waals surface area contributed by atoms with Gasteiger partial charge in [-0.1, -0.05) is 91.9 Å². The van der Waals surface area contributed by atoms with Crippen LogP contribution in [0.5, 0.6) is 0 Å². The van der Waals surface area contributed by atoms with Crippen molar-refractivity contribution in [1.29, 1.82) is 0 Å². The highest BCUT2D eigenvalue weighted by Crippen LogP contribution is 2.24. The molecule has 3 aromatic carbocycles. The molecule has 0 radical (unpaired) electrons. The van der Waals surface area contributed by atoms with Crippen LogP contribution in [0.15, 0.2) is 84.9 Å². The molecule has 128 valence electrons. The van der Waals surface area contributed by atoms with Crippen LogP contribution in [0.25, 0.3) is 11.1 Å². The van der Waals surface area contributed by atoms with Gasteiger partial charge in [-0.05, 0) is 34.6 Å². The minimum absolute atomic E-state index is 0.179. The van der Waals surface area contributed by atoms with Crippen molar-refractivity contribution >= 4 is 0 Å². The van der Waals surface area contributed by atoms with Gasteiger partial charge in [-0.2, -0.15) is 0 Å². The molecule has 3 atom stereocenters. The molecule has 3 aromatic rings. The van der Waals surface area contributed by atoms with Crippen LogP contribution >= 0.6 is 0 Å². The van der Waals surface area contributed by atoms with Gasteiger partial charge < -0.3 is 10.8 Å². The van der Waals surface area contributed by atoms with E-state index in [1.54, 1.807) is 0 Å². The predicted molar refractivity (Wildman–Crippen MR) is 104 cm³/mol. The summed E-state index contributed by atoms with van der Waals surface area (Å²) in [6.07, 6.45) is 0.208. The molecule has 0 bridgehead atoms. The van der Waals surface area contributed by atoms with Crippen molar-refractivity contribution < 1.29 is 5.11 Å². The topological polar surface area (TPSA) is 46.2 Å². The van der Waals surface area contributed by atoms with Crippen LogP contribution in [0.4, 0.5) is 0 Å². The smallest absolute Gasteiger partial charge is 0.0943 e. The average molecular weight is 331 g/mol. The Morgan fingerprint density at radius 1 is 0.760 bits per heavy atom. The molecule has 0 amide bonds. The van der Waals surface area contributed by atoms with E-state index in [4.69, 9.17) is 5.73 Å². The molecule has 0 saturated heterocycles. The molecule has 0 aliphatic carbocycles. The zero-order valence-electron chi connectivity index (χ0n) is 14.5. The highest BCUT2D eigenvalue weighted by Gasteiger charge is 2.22. The van der Waals surface area contributed by atoms with E-state index in [1.807, 2.05) is 36.4 Å². The second-order valence-electron chi connectivity index (χ2n) is 6.68. The molecule has 25 heavy (non-hydrogen) atoms. The first-order chi connectivity index (χ1) is 12.1. The Kier molecular flexibility index (Phi) is 5.64. The summed E-state index contributed by atoms with van der Waals surface area (Å²) in [5.41, 5.74) is 10.9. The van der Waals surface area contributed by atoms with Gasteiger partial charge in [-0.3, -0.25) is 0 Å². The van der Waals surface area contributed by atoms with Crippen molar-refractivity contribution in [3.05, 3.63) is 96.1 Å². The zero-order valence-corrected chi connectivity index (χ0v) is 14.5. The SMILES string of the molecule is CC(Cc1ccc(-c2ccccc2)cc1)[C@@H](N)[C@H](O)c1ccccc1. The van der Waals surface area contributed by atoms with Gasteiger partial charge in [0.1, 0.15) is 0 Å². The third kappa shape index (κ3) is 4.36. The molecule has 2 nitrogen and oxygen atoms in total. The van der Waals surface area contributed by atoms with Gasteiger partial charge in [0.05, 0.1) is 6.10 Å². The normalized spacial score (nSPS) is 14.7. The summed E-state index contributed by atoms with van der Waals surface area (Å²) in [5, 5.41) is 10.5. The van der Waals surface area contributed by atoms with Crippen LogP contribution in [0.1, 0.15) is 24.2 Å². The van der Waals surface area contributed by atoms with Crippen molar-refractivity contribution in [2.75, 3.05) is 0 Å². The van der Waals surface area contributed by atoms with Crippen molar-refractivity contribution in [3.8, 4) is 11.1 Å². The Balaban J connectivity index is 1.65. The molecule has 0 aliphatic heterocycles. The molecule has 0 spiro atoms. The van der Waals surface area contributed by atoms with Crippen LogP contribution in [-0.4, -0.2) is 11.1 Å². The fourth-order valence-corrected chi connectivity index (χ4v) is 3.16. The molecule has 0 heterocycles. The van der Waals surface area contributed by atoms with E-state index in [-0.39, 0.29) is 12.0 Å². The monoisotopic (exact) mass is 331 g/mol. The number of rotatable bonds is 6. The first-order valence-corrected chi connectivity index (χ1v) is 8.78. The summed E-state index contributed by atoms with van der Waals surface area (Å²) in [4.78, 5) is 0. The number of aliphatic hydroxyl groups is 1. The van der Waals surface area contributed by atoms with E-state index in [2.05, 4.69) is 55.5 Å². The Labute approximate surface area is 150 Å². The zero-order chi connectivity index (χ0) is 17.6. The lowest BCUT2D eigenvalue weighted by Gasteiger charge is -2.25. The number of hydrogen-bond donors (Lipinski definition) is 2. The lowest BCUT2D eigenvalue weighted by atomic mass is 9.88. The lowest BCUT2D eigenvalue weighted by Crippen LogP contribution is -2.36. The Morgan fingerprint density at radius 2 is 1.28 bits per heavy atom. The second kappa shape index (κ2) is 8.11. The van der Waals surface area contributed by atoms with E-state index in [9.17, 15) is 5.11 Å². The van der Waals surface area contributed by atoms with Crippen LogP contribution in [0.2, 0.25) is 0 Å². The highest BCUT2D eigenvalue weighted by atomic mass is 16.3. The fraction of sp³-hybridized carbons (Fsp3) is 0.217. The van der Waals surface area contributed by atoms with Gasteiger partial charge in [0, 0.05) is 6.04 Å². The maximum absolute atomic E-state index is 10.5. The number of benzene rings is 3. The van der Waals surface area contributed by atoms with Crippen LogP contribution in [0.3, 0.4) is 0 Å². The molecule has 3 N–H and O–H groups in total. The van der Waals surface area contributed by atoms with E-state index < -0.39 is 6.10 Å². The summed E-state index contributed by atoms with van der Waals surface area (Å²) in [6.45, 7) is 2.10. The van der Waals surface area contributed by atoms with Gasteiger partial charge in [0.15, 0.2) is 0 Å². The Bertz CT molecular complexity index is 768. The van der Waals surface area contributed by atoms with Gasteiger partial charge in [-0.15, -0.1) is 0 Å². The highest BCUT2D eigenvalue weighted by molar-refractivity contribution is 5.63. The number of hydrogen-bond acceptors (Lipinski definition) is 2. The molecule has 1 unspecified atom stereocenters. The maximum Gasteiger partial charge on any atom is 0.0943 e. The first-order valence-electron chi connectivity index (χ1n) is 8.78. The minimum Gasteiger partial charge on any atom is -0.387 e. The van der Waals surface area contributed by atoms with Crippen molar-refractivity contribution in [1.82, 2.24) is 0 Å². The predicted octanol–water partition coefficient (Wildman–Crippen LogP) is 4.59. The molecule has 0 aromatic heterocycles. The van der Waals surface area contributed by atoms with Crippen molar-refractivity contribution in [2.24, 2.45) is 11.7 Å². The van der Waals surface area contributed by atoms with Gasteiger partial charge >= 0.3 is 0 Å². The molecule has 2 heteroatoms. The molecule has 0 saturated carbocycles. The maximum atomic E-state index is 10.5. The van der Waals surface area contributed by atoms with Crippen molar-refractivity contribution in [3.63, 3.8) is 0 Å².